The lowest BCUT2D eigenvalue weighted by atomic mass is 10.3. The lowest BCUT2D eigenvalue weighted by Crippen LogP contribution is -2.19. The Morgan fingerprint density at radius 1 is 1.08 bits per heavy atom. The smallest absolute Gasteiger partial charge is 0.449 e. The highest BCUT2D eigenvalue weighted by Gasteiger charge is 2.30. The van der Waals surface area contributed by atoms with Crippen LogP contribution < -0.4 is 20.1 Å². The predicted octanol–water partition coefficient (Wildman–Crippen LogP) is 4.35. The van der Waals surface area contributed by atoms with Crippen LogP contribution in [0.3, 0.4) is 0 Å². The van der Waals surface area contributed by atoms with Crippen molar-refractivity contribution >= 4 is 34.9 Å². The molecule has 0 fully saturated rings. The SMILES string of the molecule is O=C(Nc1ccc(OC(F)(F)F)cc1)Nc1csc(OC(=O)O)c1. The summed E-state index contributed by atoms with van der Waals surface area (Å²) in [5, 5.41) is 14.8. The number of ether oxygens (including phenoxy) is 2. The van der Waals surface area contributed by atoms with E-state index < -0.39 is 24.3 Å². The van der Waals surface area contributed by atoms with Crippen LogP contribution in [0.4, 0.5) is 34.1 Å². The van der Waals surface area contributed by atoms with Gasteiger partial charge in [0.1, 0.15) is 5.75 Å². The van der Waals surface area contributed by atoms with Crippen molar-refractivity contribution in [1.29, 1.82) is 0 Å². The van der Waals surface area contributed by atoms with Crippen molar-refractivity contribution < 1.29 is 37.3 Å². The Kier molecular flexibility index (Phi) is 5.14. The van der Waals surface area contributed by atoms with Crippen LogP contribution in [0, 0.1) is 0 Å². The van der Waals surface area contributed by atoms with E-state index in [1.807, 2.05) is 0 Å². The van der Waals surface area contributed by atoms with E-state index in [9.17, 15) is 22.8 Å². The van der Waals surface area contributed by atoms with Crippen molar-refractivity contribution in [3.8, 4) is 10.8 Å². The van der Waals surface area contributed by atoms with Gasteiger partial charge in [0.05, 0.1) is 5.69 Å². The van der Waals surface area contributed by atoms with E-state index in [-0.39, 0.29) is 10.8 Å². The van der Waals surface area contributed by atoms with Gasteiger partial charge >= 0.3 is 18.5 Å². The molecule has 0 atom stereocenters. The molecule has 24 heavy (non-hydrogen) atoms. The summed E-state index contributed by atoms with van der Waals surface area (Å²) in [7, 11) is 0. The van der Waals surface area contributed by atoms with Crippen LogP contribution in [-0.2, 0) is 0 Å². The van der Waals surface area contributed by atoms with Crippen LogP contribution in [0.25, 0.3) is 0 Å². The van der Waals surface area contributed by atoms with Crippen LogP contribution >= 0.6 is 11.3 Å². The van der Waals surface area contributed by atoms with Crippen molar-refractivity contribution in [2.45, 2.75) is 6.36 Å². The fourth-order valence-corrected chi connectivity index (χ4v) is 2.24. The van der Waals surface area contributed by atoms with E-state index in [0.717, 1.165) is 23.5 Å². The number of rotatable bonds is 4. The molecule has 0 aliphatic carbocycles. The molecular weight excluding hydrogens is 353 g/mol. The second-order valence-electron chi connectivity index (χ2n) is 4.17. The zero-order chi connectivity index (χ0) is 17.7. The zero-order valence-corrected chi connectivity index (χ0v) is 12.4. The average Bonchev–Trinajstić information content (AvgIpc) is 2.85. The first-order valence-corrected chi connectivity index (χ1v) is 7.02. The number of benzene rings is 1. The summed E-state index contributed by atoms with van der Waals surface area (Å²) in [5.74, 6) is -0.415. The maximum Gasteiger partial charge on any atom is 0.573 e. The minimum atomic E-state index is -4.79. The van der Waals surface area contributed by atoms with Gasteiger partial charge in [0.15, 0.2) is 5.06 Å². The van der Waals surface area contributed by atoms with E-state index in [4.69, 9.17) is 5.11 Å². The minimum Gasteiger partial charge on any atom is -0.449 e. The van der Waals surface area contributed by atoms with Crippen molar-refractivity contribution in [3.63, 3.8) is 0 Å². The first-order chi connectivity index (χ1) is 11.2. The largest absolute Gasteiger partial charge is 0.573 e. The van der Waals surface area contributed by atoms with Gasteiger partial charge in [-0.05, 0) is 24.3 Å². The molecule has 2 aromatic rings. The number of halogens is 3. The van der Waals surface area contributed by atoms with Crippen molar-refractivity contribution in [1.82, 2.24) is 0 Å². The molecule has 1 aromatic heterocycles. The second-order valence-corrected chi connectivity index (χ2v) is 5.05. The quantitative estimate of drug-likeness (QED) is 0.703. The first kappa shape index (κ1) is 17.4. The number of nitrogens with one attached hydrogen (secondary N) is 2. The molecule has 128 valence electrons. The van der Waals surface area contributed by atoms with Crippen LogP contribution in [0.5, 0.6) is 10.8 Å². The number of hydrogen-bond donors (Lipinski definition) is 3. The molecular formula is C13H9F3N2O5S. The van der Waals surface area contributed by atoms with E-state index in [0.29, 0.717) is 5.69 Å². The highest BCUT2D eigenvalue weighted by Crippen LogP contribution is 2.27. The molecule has 0 bridgehead atoms. The van der Waals surface area contributed by atoms with E-state index in [2.05, 4.69) is 20.1 Å². The van der Waals surface area contributed by atoms with Gasteiger partial charge in [-0.1, -0.05) is 0 Å². The van der Waals surface area contributed by atoms with E-state index in [1.54, 1.807) is 0 Å². The summed E-state index contributed by atoms with van der Waals surface area (Å²) >= 11 is 0.965. The average molecular weight is 362 g/mol. The monoisotopic (exact) mass is 362 g/mol. The number of amides is 2. The highest BCUT2D eigenvalue weighted by atomic mass is 32.1. The predicted molar refractivity (Wildman–Crippen MR) is 78.7 cm³/mol. The lowest BCUT2D eigenvalue weighted by molar-refractivity contribution is -0.274. The third-order valence-electron chi connectivity index (χ3n) is 2.37. The molecule has 3 N–H and O–H groups in total. The van der Waals surface area contributed by atoms with Crippen molar-refractivity contribution in [2.24, 2.45) is 0 Å². The van der Waals surface area contributed by atoms with Gasteiger partial charge < -0.3 is 25.2 Å². The van der Waals surface area contributed by atoms with Crippen molar-refractivity contribution in [2.75, 3.05) is 10.6 Å². The number of hydrogen-bond acceptors (Lipinski definition) is 5. The van der Waals surface area contributed by atoms with Gasteiger partial charge in [0.25, 0.3) is 0 Å². The molecule has 0 radical (unpaired) electrons. The molecule has 2 amide bonds. The summed E-state index contributed by atoms with van der Waals surface area (Å²) in [6, 6.07) is 5.19. The Bertz CT molecular complexity index is 730. The van der Waals surface area contributed by atoms with E-state index >= 15 is 0 Å². The Morgan fingerprint density at radius 3 is 2.29 bits per heavy atom. The van der Waals surface area contributed by atoms with E-state index in [1.165, 1.54) is 23.6 Å². The molecule has 7 nitrogen and oxygen atoms in total. The van der Waals surface area contributed by atoms with Gasteiger partial charge in [-0.15, -0.1) is 24.5 Å². The summed E-state index contributed by atoms with van der Waals surface area (Å²) in [4.78, 5) is 22.1. The fourth-order valence-electron chi connectivity index (χ4n) is 1.56. The molecule has 0 saturated carbocycles. The van der Waals surface area contributed by atoms with Crippen LogP contribution in [0.2, 0.25) is 0 Å². The zero-order valence-electron chi connectivity index (χ0n) is 11.6. The fraction of sp³-hybridized carbons (Fsp3) is 0.0769. The molecule has 0 aliphatic rings. The number of urea groups is 1. The second kappa shape index (κ2) is 7.08. The minimum absolute atomic E-state index is 0.0754. The van der Waals surface area contributed by atoms with Crippen LogP contribution in [-0.4, -0.2) is 23.7 Å². The first-order valence-electron chi connectivity index (χ1n) is 6.14. The molecule has 0 saturated heterocycles. The lowest BCUT2D eigenvalue weighted by Gasteiger charge is -2.10. The molecule has 0 aliphatic heterocycles. The number of carboxylic acid groups (broad SMARTS) is 1. The molecule has 0 spiro atoms. The Morgan fingerprint density at radius 2 is 1.71 bits per heavy atom. The Hall–Kier alpha value is -2.95. The van der Waals surface area contributed by atoms with Crippen LogP contribution in [0.15, 0.2) is 35.7 Å². The van der Waals surface area contributed by atoms with Gasteiger partial charge in [0.2, 0.25) is 0 Å². The Balaban J connectivity index is 1.90. The summed E-state index contributed by atoms with van der Waals surface area (Å²) in [6.07, 6.45) is -6.27. The number of carbonyl (C=O) groups excluding carboxylic acids is 1. The third kappa shape index (κ3) is 5.68. The summed E-state index contributed by atoms with van der Waals surface area (Å²) < 4.78 is 44.2. The Labute approximate surface area is 136 Å². The highest BCUT2D eigenvalue weighted by molar-refractivity contribution is 7.12. The summed E-state index contributed by atoms with van der Waals surface area (Å²) in [6.45, 7) is 0. The number of alkyl halides is 3. The normalized spacial score (nSPS) is 10.8. The molecule has 1 aromatic carbocycles. The standard InChI is InChI=1S/C13H9F3N2O5S/c14-13(15,16)23-9-3-1-7(2-4-9)17-11(19)18-8-5-10(24-6-8)22-12(20)21/h1-6H,(H,20,21)(H2,17,18,19). The van der Waals surface area contributed by atoms with Crippen molar-refractivity contribution in [3.05, 3.63) is 35.7 Å². The van der Waals surface area contributed by atoms with Crippen LogP contribution in [0.1, 0.15) is 0 Å². The maximum absolute atomic E-state index is 12.0. The third-order valence-corrected chi connectivity index (χ3v) is 3.17. The molecule has 0 unspecified atom stereocenters. The van der Waals surface area contributed by atoms with Gasteiger partial charge in [-0.3, -0.25) is 0 Å². The van der Waals surface area contributed by atoms with Gasteiger partial charge in [-0.25, -0.2) is 9.59 Å². The topological polar surface area (TPSA) is 96.9 Å². The number of anilines is 2. The van der Waals surface area contributed by atoms with Gasteiger partial charge in [0, 0.05) is 17.1 Å². The molecule has 2 rings (SSSR count). The molecule has 1 heterocycles. The maximum atomic E-state index is 12.0. The number of carbonyl (C=O) groups is 2. The molecule has 11 heteroatoms. The number of thiophene rings is 1. The van der Waals surface area contributed by atoms with Gasteiger partial charge in [-0.2, -0.15) is 0 Å². The summed E-state index contributed by atoms with van der Waals surface area (Å²) in [5.41, 5.74) is 0.532.